The highest BCUT2D eigenvalue weighted by molar-refractivity contribution is 6.34. The van der Waals surface area contributed by atoms with Crippen LogP contribution in [0.5, 0.6) is 0 Å². The molecule has 0 bridgehead atoms. The number of methoxy groups -OCH3 is 1. The summed E-state index contributed by atoms with van der Waals surface area (Å²) >= 11 is 6.06. The van der Waals surface area contributed by atoms with Gasteiger partial charge in [-0.25, -0.2) is 9.18 Å². The molecule has 21 heavy (non-hydrogen) atoms. The Kier molecular flexibility index (Phi) is 4.60. The minimum atomic E-state index is -0.563. The molecule has 3 nitrogen and oxygen atoms in total. The molecule has 0 aliphatic heterocycles. The van der Waals surface area contributed by atoms with Gasteiger partial charge >= 0.3 is 5.97 Å². The summed E-state index contributed by atoms with van der Waals surface area (Å²) in [6.45, 7) is 1.71. The van der Waals surface area contributed by atoms with Gasteiger partial charge < -0.3 is 10.5 Å². The highest BCUT2D eigenvalue weighted by atomic mass is 35.5. The smallest absolute Gasteiger partial charge is 0.340 e. The lowest BCUT2D eigenvalue weighted by molar-refractivity contribution is 0.0602. The van der Waals surface area contributed by atoms with Crippen LogP contribution in [0.3, 0.4) is 0 Å². The van der Waals surface area contributed by atoms with Crippen molar-refractivity contribution >= 4 is 17.6 Å². The standard InChI is InChI=1S/C16H15ClFNO2/c1-9(19)11-7-6-10(8-14(11)18)12-4-3-5-13(17)15(12)16(20)21-2/h3-9H,19H2,1-2H3. The quantitative estimate of drug-likeness (QED) is 0.873. The van der Waals surface area contributed by atoms with E-state index in [1.165, 1.54) is 13.2 Å². The fourth-order valence-corrected chi connectivity index (χ4v) is 2.39. The van der Waals surface area contributed by atoms with Gasteiger partial charge in [-0.2, -0.15) is 0 Å². The van der Waals surface area contributed by atoms with E-state index in [1.807, 2.05) is 0 Å². The maximum absolute atomic E-state index is 14.1. The summed E-state index contributed by atoms with van der Waals surface area (Å²) < 4.78 is 18.8. The van der Waals surface area contributed by atoms with Crippen LogP contribution in [-0.2, 0) is 4.74 Å². The molecule has 5 heteroatoms. The van der Waals surface area contributed by atoms with E-state index in [1.54, 1.807) is 37.3 Å². The van der Waals surface area contributed by atoms with Gasteiger partial charge in [-0.15, -0.1) is 0 Å². The molecule has 110 valence electrons. The Bertz CT molecular complexity index is 686. The van der Waals surface area contributed by atoms with Crippen molar-refractivity contribution in [2.45, 2.75) is 13.0 Å². The molecule has 0 aliphatic rings. The van der Waals surface area contributed by atoms with Crippen LogP contribution in [0.15, 0.2) is 36.4 Å². The minimum Gasteiger partial charge on any atom is -0.465 e. The molecule has 0 aliphatic carbocycles. The summed E-state index contributed by atoms with van der Waals surface area (Å²) in [6, 6.07) is 9.23. The predicted octanol–water partition coefficient (Wildman–Crippen LogP) is 3.95. The van der Waals surface area contributed by atoms with Crippen molar-refractivity contribution in [2.24, 2.45) is 5.73 Å². The third-order valence-corrected chi connectivity index (χ3v) is 3.52. The van der Waals surface area contributed by atoms with Gasteiger partial charge in [-0.05, 0) is 30.2 Å². The summed E-state index contributed by atoms with van der Waals surface area (Å²) in [5, 5.41) is 0.260. The van der Waals surface area contributed by atoms with Gasteiger partial charge in [0.15, 0.2) is 0 Å². The Morgan fingerprint density at radius 3 is 2.62 bits per heavy atom. The highest BCUT2D eigenvalue weighted by Gasteiger charge is 2.18. The molecule has 1 unspecified atom stereocenters. The Labute approximate surface area is 127 Å². The molecule has 0 heterocycles. The number of esters is 1. The normalized spacial score (nSPS) is 12.0. The second-order valence-corrected chi connectivity index (χ2v) is 5.09. The van der Waals surface area contributed by atoms with Gasteiger partial charge in [0.25, 0.3) is 0 Å². The fraction of sp³-hybridized carbons (Fsp3) is 0.188. The molecule has 2 N–H and O–H groups in total. The second kappa shape index (κ2) is 6.24. The number of ether oxygens (including phenoxy) is 1. The maximum Gasteiger partial charge on any atom is 0.340 e. The van der Waals surface area contributed by atoms with Crippen molar-refractivity contribution in [2.75, 3.05) is 7.11 Å². The molecule has 0 fully saturated rings. The summed E-state index contributed by atoms with van der Waals surface area (Å²) in [6.07, 6.45) is 0. The van der Waals surface area contributed by atoms with Crippen LogP contribution >= 0.6 is 11.6 Å². The fourth-order valence-electron chi connectivity index (χ4n) is 2.14. The van der Waals surface area contributed by atoms with E-state index < -0.39 is 17.8 Å². The van der Waals surface area contributed by atoms with Crippen molar-refractivity contribution in [1.29, 1.82) is 0 Å². The van der Waals surface area contributed by atoms with Crippen LogP contribution in [0.25, 0.3) is 11.1 Å². The highest BCUT2D eigenvalue weighted by Crippen LogP contribution is 2.31. The first-order valence-corrected chi connectivity index (χ1v) is 6.75. The summed E-state index contributed by atoms with van der Waals surface area (Å²) in [4.78, 5) is 11.9. The van der Waals surface area contributed by atoms with Gasteiger partial charge in [-0.3, -0.25) is 0 Å². The number of hydrogen-bond donors (Lipinski definition) is 1. The molecular formula is C16H15ClFNO2. The Hall–Kier alpha value is -1.91. The summed E-state index contributed by atoms with van der Waals surface area (Å²) in [5.74, 6) is -0.981. The van der Waals surface area contributed by atoms with Crippen LogP contribution in [-0.4, -0.2) is 13.1 Å². The number of hydrogen-bond acceptors (Lipinski definition) is 3. The summed E-state index contributed by atoms with van der Waals surface area (Å²) in [7, 11) is 1.27. The lowest BCUT2D eigenvalue weighted by atomic mass is 9.97. The third-order valence-electron chi connectivity index (χ3n) is 3.21. The molecule has 0 saturated heterocycles. The van der Waals surface area contributed by atoms with Gasteiger partial charge in [-0.1, -0.05) is 35.9 Å². The van der Waals surface area contributed by atoms with E-state index in [9.17, 15) is 9.18 Å². The monoisotopic (exact) mass is 307 g/mol. The van der Waals surface area contributed by atoms with Crippen LogP contribution in [0.1, 0.15) is 28.9 Å². The molecule has 2 aromatic rings. The zero-order valence-electron chi connectivity index (χ0n) is 11.7. The molecule has 0 amide bonds. The van der Waals surface area contributed by atoms with E-state index in [0.29, 0.717) is 16.7 Å². The van der Waals surface area contributed by atoms with Crippen LogP contribution in [0.2, 0.25) is 5.02 Å². The first-order valence-electron chi connectivity index (χ1n) is 6.38. The Morgan fingerprint density at radius 1 is 1.33 bits per heavy atom. The number of carbonyl (C=O) groups is 1. The number of benzene rings is 2. The molecule has 2 aromatic carbocycles. The molecule has 0 spiro atoms. The van der Waals surface area contributed by atoms with Crippen LogP contribution < -0.4 is 5.73 Å². The average Bonchev–Trinajstić information content (AvgIpc) is 2.45. The van der Waals surface area contributed by atoms with E-state index in [0.717, 1.165) is 0 Å². The van der Waals surface area contributed by atoms with Crippen LogP contribution in [0, 0.1) is 5.82 Å². The van der Waals surface area contributed by atoms with Gasteiger partial charge in [0.05, 0.1) is 17.7 Å². The molecule has 1 atom stereocenters. The van der Waals surface area contributed by atoms with Crippen molar-refractivity contribution < 1.29 is 13.9 Å². The molecule has 0 aromatic heterocycles. The first kappa shape index (κ1) is 15.5. The van der Waals surface area contributed by atoms with E-state index >= 15 is 0 Å². The minimum absolute atomic E-state index is 0.217. The third kappa shape index (κ3) is 3.06. The maximum atomic E-state index is 14.1. The van der Waals surface area contributed by atoms with Crippen molar-refractivity contribution in [3.63, 3.8) is 0 Å². The number of halogens is 2. The summed E-state index contributed by atoms with van der Waals surface area (Å²) in [5.41, 5.74) is 7.39. The van der Waals surface area contributed by atoms with Crippen molar-refractivity contribution in [3.8, 4) is 11.1 Å². The Balaban J connectivity index is 2.60. The van der Waals surface area contributed by atoms with Crippen LogP contribution in [0.4, 0.5) is 4.39 Å². The first-order chi connectivity index (χ1) is 9.95. The van der Waals surface area contributed by atoms with Gasteiger partial charge in [0.1, 0.15) is 5.82 Å². The zero-order chi connectivity index (χ0) is 15.6. The van der Waals surface area contributed by atoms with E-state index in [-0.39, 0.29) is 10.6 Å². The lowest BCUT2D eigenvalue weighted by Gasteiger charge is -2.12. The number of nitrogens with two attached hydrogens (primary N) is 1. The Morgan fingerprint density at radius 2 is 2.05 bits per heavy atom. The topological polar surface area (TPSA) is 52.3 Å². The number of carbonyl (C=O) groups excluding carboxylic acids is 1. The van der Waals surface area contributed by atoms with Gasteiger partial charge in [0.2, 0.25) is 0 Å². The largest absolute Gasteiger partial charge is 0.465 e. The van der Waals surface area contributed by atoms with E-state index in [2.05, 4.69) is 0 Å². The SMILES string of the molecule is COC(=O)c1c(Cl)cccc1-c1ccc(C(C)N)c(F)c1. The van der Waals surface area contributed by atoms with Crippen molar-refractivity contribution in [3.05, 3.63) is 58.4 Å². The number of rotatable bonds is 3. The predicted molar refractivity (Wildman–Crippen MR) is 80.8 cm³/mol. The molecular weight excluding hydrogens is 293 g/mol. The molecule has 2 rings (SSSR count). The van der Waals surface area contributed by atoms with Gasteiger partial charge in [0, 0.05) is 11.6 Å². The molecule has 0 saturated carbocycles. The van der Waals surface area contributed by atoms with Crippen molar-refractivity contribution in [1.82, 2.24) is 0 Å². The second-order valence-electron chi connectivity index (χ2n) is 4.68. The zero-order valence-corrected chi connectivity index (χ0v) is 12.4. The van der Waals surface area contributed by atoms with E-state index in [4.69, 9.17) is 22.1 Å². The molecule has 0 radical (unpaired) electrons. The average molecular weight is 308 g/mol. The lowest BCUT2D eigenvalue weighted by Crippen LogP contribution is -2.08.